The van der Waals surface area contributed by atoms with Crippen molar-refractivity contribution in [2.75, 3.05) is 6.54 Å². The average Bonchev–Trinajstić information content (AvgIpc) is 2.78. The lowest BCUT2D eigenvalue weighted by Gasteiger charge is -2.04. The van der Waals surface area contributed by atoms with Gasteiger partial charge in [0.25, 0.3) is 0 Å². The Labute approximate surface area is 106 Å². The predicted octanol–water partition coefficient (Wildman–Crippen LogP) is 1.38. The number of aromatic nitrogens is 4. The van der Waals surface area contributed by atoms with Crippen molar-refractivity contribution >= 4 is 0 Å². The molecule has 2 heterocycles. The first kappa shape index (κ1) is 12.6. The van der Waals surface area contributed by atoms with E-state index in [0.717, 1.165) is 12.1 Å². The van der Waals surface area contributed by atoms with Crippen molar-refractivity contribution in [1.29, 1.82) is 0 Å². The van der Waals surface area contributed by atoms with E-state index in [1.165, 1.54) is 0 Å². The van der Waals surface area contributed by atoms with Gasteiger partial charge in [0.05, 0.1) is 0 Å². The number of hydrogen-bond donors (Lipinski definition) is 1. The number of aryl methyl sites for hydroxylation is 1. The zero-order chi connectivity index (χ0) is 13.0. The predicted molar refractivity (Wildman–Crippen MR) is 66.9 cm³/mol. The molecule has 2 rings (SSSR count). The number of hydrogen-bond acceptors (Lipinski definition) is 6. The van der Waals surface area contributed by atoms with Gasteiger partial charge in [-0.3, -0.25) is 0 Å². The first-order valence-electron chi connectivity index (χ1n) is 6.00. The fourth-order valence-corrected chi connectivity index (χ4v) is 1.42. The lowest BCUT2D eigenvalue weighted by atomic mass is 10.3. The van der Waals surface area contributed by atoms with Gasteiger partial charge < -0.3 is 9.84 Å². The molecule has 0 atom stereocenters. The van der Waals surface area contributed by atoms with E-state index in [4.69, 9.17) is 4.52 Å². The van der Waals surface area contributed by atoms with Crippen LogP contribution in [0, 0.1) is 6.92 Å². The molecule has 0 unspecified atom stereocenters. The summed E-state index contributed by atoms with van der Waals surface area (Å²) >= 11 is 0. The molecule has 0 fully saturated rings. The second-order valence-electron chi connectivity index (χ2n) is 4.45. The SMILES string of the molecule is Cc1cnc(-c2noc(CCNC(C)C)n2)nc1. The van der Waals surface area contributed by atoms with E-state index in [1.807, 2.05) is 6.92 Å². The van der Waals surface area contributed by atoms with Gasteiger partial charge in [-0.15, -0.1) is 0 Å². The molecular weight excluding hydrogens is 230 g/mol. The highest BCUT2D eigenvalue weighted by molar-refractivity contribution is 5.40. The fraction of sp³-hybridized carbons (Fsp3) is 0.500. The van der Waals surface area contributed by atoms with Crippen LogP contribution in [0.25, 0.3) is 11.6 Å². The Morgan fingerprint density at radius 1 is 1.22 bits per heavy atom. The van der Waals surface area contributed by atoms with Crippen LogP contribution in [0.15, 0.2) is 16.9 Å². The average molecular weight is 247 g/mol. The third kappa shape index (κ3) is 3.33. The first-order valence-corrected chi connectivity index (χ1v) is 6.00. The molecule has 2 aromatic heterocycles. The van der Waals surface area contributed by atoms with Gasteiger partial charge in [-0.2, -0.15) is 4.98 Å². The summed E-state index contributed by atoms with van der Waals surface area (Å²) in [7, 11) is 0. The normalized spacial score (nSPS) is 11.1. The zero-order valence-electron chi connectivity index (χ0n) is 10.8. The largest absolute Gasteiger partial charge is 0.339 e. The van der Waals surface area contributed by atoms with Crippen LogP contribution in [0.4, 0.5) is 0 Å². The third-order valence-corrected chi connectivity index (χ3v) is 2.34. The van der Waals surface area contributed by atoms with Crippen molar-refractivity contribution < 1.29 is 4.52 Å². The summed E-state index contributed by atoms with van der Waals surface area (Å²) in [5.41, 5.74) is 1.00. The second kappa shape index (κ2) is 5.68. The second-order valence-corrected chi connectivity index (χ2v) is 4.45. The molecule has 0 bridgehead atoms. The number of nitrogens with zero attached hydrogens (tertiary/aromatic N) is 4. The van der Waals surface area contributed by atoms with Gasteiger partial charge in [0.1, 0.15) is 0 Å². The number of rotatable bonds is 5. The van der Waals surface area contributed by atoms with Crippen molar-refractivity contribution in [3.63, 3.8) is 0 Å². The molecule has 0 aliphatic rings. The molecule has 0 amide bonds. The molecule has 0 aliphatic carbocycles. The maximum absolute atomic E-state index is 5.15. The quantitative estimate of drug-likeness (QED) is 0.860. The molecule has 6 heteroatoms. The van der Waals surface area contributed by atoms with Gasteiger partial charge in [-0.1, -0.05) is 19.0 Å². The highest BCUT2D eigenvalue weighted by atomic mass is 16.5. The minimum absolute atomic E-state index is 0.439. The van der Waals surface area contributed by atoms with Gasteiger partial charge in [0.15, 0.2) is 0 Å². The molecule has 0 aliphatic heterocycles. The molecule has 0 saturated carbocycles. The Morgan fingerprint density at radius 3 is 2.61 bits per heavy atom. The smallest absolute Gasteiger partial charge is 0.240 e. The van der Waals surface area contributed by atoms with Gasteiger partial charge >= 0.3 is 0 Å². The number of nitrogens with one attached hydrogen (secondary N) is 1. The van der Waals surface area contributed by atoms with Gasteiger partial charge in [-0.25, -0.2) is 9.97 Å². The topological polar surface area (TPSA) is 76.7 Å². The maximum atomic E-state index is 5.15. The molecule has 2 aromatic rings. The Balaban J connectivity index is 1.99. The molecule has 1 N–H and O–H groups in total. The zero-order valence-corrected chi connectivity index (χ0v) is 10.8. The molecule has 0 radical (unpaired) electrons. The van der Waals surface area contributed by atoms with Crippen LogP contribution in [-0.4, -0.2) is 32.7 Å². The molecule has 6 nitrogen and oxygen atoms in total. The van der Waals surface area contributed by atoms with Crippen LogP contribution in [0.2, 0.25) is 0 Å². The van der Waals surface area contributed by atoms with Crippen molar-refractivity contribution in [3.8, 4) is 11.6 Å². The summed E-state index contributed by atoms with van der Waals surface area (Å²) in [6.45, 7) is 6.94. The molecule has 18 heavy (non-hydrogen) atoms. The van der Waals surface area contributed by atoms with Crippen LogP contribution in [-0.2, 0) is 6.42 Å². The third-order valence-electron chi connectivity index (χ3n) is 2.34. The Bertz CT molecular complexity index is 491. The molecule has 96 valence electrons. The van der Waals surface area contributed by atoms with Crippen molar-refractivity contribution in [1.82, 2.24) is 25.4 Å². The van der Waals surface area contributed by atoms with Crippen molar-refractivity contribution in [2.24, 2.45) is 0 Å². The first-order chi connectivity index (χ1) is 8.65. The monoisotopic (exact) mass is 247 g/mol. The van der Waals surface area contributed by atoms with Crippen molar-refractivity contribution in [2.45, 2.75) is 33.2 Å². The van der Waals surface area contributed by atoms with E-state index >= 15 is 0 Å². The summed E-state index contributed by atoms with van der Waals surface area (Å²) in [5, 5.41) is 7.17. The van der Waals surface area contributed by atoms with E-state index in [1.54, 1.807) is 12.4 Å². The van der Waals surface area contributed by atoms with Crippen molar-refractivity contribution in [3.05, 3.63) is 23.8 Å². The lowest BCUT2D eigenvalue weighted by Crippen LogP contribution is -2.25. The highest BCUT2D eigenvalue weighted by Crippen LogP contribution is 2.10. The highest BCUT2D eigenvalue weighted by Gasteiger charge is 2.10. The van der Waals surface area contributed by atoms with Gasteiger partial charge in [0, 0.05) is 31.4 Å². The summed E-state index contributed by atoms with van der Waals surface area (Å²) < 4.78 is 5.15. The summed E-state index contributed by atoms with van der Waals surface area (Å²) in [4.78, 5) is 12.6. The summed E-state index contributed by atoms with van der Waals surface area (Å²) in [6.07, 6.45) is 4.18. The van der Waals surface area contributed by atoms with Crippen LogP contribution in [0.5, 0.6) is 0 Å². The van der Waals surface area contributed by atoms with Crippen LogP contribution in [0.1, 0.15) is 25.3 Å². The van der Waals surface area contributed by atoms with Crippen LogP contribution < -0.4 is 5.32 Å². The van der Waals surface area contributed by atoms with E-state index in [-0.39, 0.29) is 0 Å². The Hall–Kier alpha value is -1.82. The van der Waals surface area contributed by atoms with Gasteiger partial charge in [-0.05, 0) is 12.5 Å². The molecule has 0 aromatic carbocycles. The van der Waals surface area contributed by atoms with Crippen LogP contribution >= 0.6 is 0 Å². The molecular formula is C12H17N5O. The Morgan fingerprint density at radius 2 is 1.94 bits per heavy atom. The van der Waals surface area contributed by atoms with Crippen LogP contribution in [0.3, 0.4) is 0 Å². The van der Waals surface area contributed by atoms with E-state index < -0.39 is 0 Å². The van der Waals surface area contributed by atoms with Gasteiger partial charge in [0.2, 0.25) is 17.5 Å². The molecule has 0 saturated heterocycles. The minimum atomic E-state index is 0.439. The fourth-order valence-electron chi connectivity index (χ4n) is 1.42. The molecule has 0 spiro atoms. The minimum Gasteiger partial charge on any atom is -0.339 e. The van der Waals surface area contributed by atoms with E-state index in [2.05, 4.69) is 39.3 Å². The Kier molecular flexibility index (Phi) is 3.99. The van der Waals surface area contributed by atoms with E-state index in [9.17, 15) is 0 Å². The van der Waals surface area contributed by atoms with E-state index in [0.29, 0.717) is 30.0 Å². The maximum Gasteiger partial charge on any atom is 0.240 e. The summed E-state index contributed by atoms with van der Waals surface area (Å²) in [5.74, 6) is 1.53. The summed E-state index contributed by atoms with van der Waals surface area (Å²) in [6, 6.07) is 0.452. The lowest BCUT2D eigenvalue weighted by molar-refractivity contribution is 0.374. The standard InChI is InChI=1S/C12H17N5O/c1-8(2)13-5-4-10-16-12(17-18-10)11-14-6-9(3)7-15-11/h6-8,13H,4-5H2,1-3H3.